The second-order valence-corrected chi connectivity index (χ2v) is 7.14. The van der Waals surface area contributed by atoms with Gasteiger partial charge in [0.15, 0.2) is 6.04 Å². The average Bonchev–Trinajstić information content (AvgIpc) is 2.96. The van der Waals surface area contributed by atoms with E-state index in [9.17, 15) is 43.9 Å². The third kappa shape index (κ3) is 5.59. The van der Waals surface area contributed by atoms with Gasteiger partial charge in [0.1, 0.15) is 17.9 Å². The molecular formula is C14H20F10NOP. The summed E-state index contributed by atoms with van der Waals surface area (Å²) < 4.78 is 138. The normalized spacial score (nSPS) is 22.6. The van der Waals surface area contributed by atoms with Crippen LogP contribution in [0.15, 0.2) is 0 Å². The highest BCUT2D eigenvalue weighted by Crippen LogP contribution is 2.44. The van der Waals surface area contributed by atoms with Crippen molar-refractivity contribution in [1.29, 1.82) is 0 Å². The van der Waals surface area contributed by atoms with Crippen LogP contribution in [0.2, 0.25) is 0 Å². The van der Waals surface area contributed by atoms with Gasteiger partial charge in [-0.05, 0) is 39.8 Å². The van der Waals surface area contributed by atoms with Crippen LogP contribution in [0.3, 0.4) is 0 Å². The second-order valence-electron chi connectivity index (χ2n) is 6.48. The molecule has 0 aliphatic carbocycles. The van der Waals surface area contributed by atoms with Crippen LogP contribution >= 0.6 is 9.24 Å². The molecule has 0 spiro atoms. The van der Waals surface area contributed by atoms with Crippen LogP contribution in [0.5, 0.6) is 0 Å². The Hall–Kier alpha value is -0.350. The first-order valence-corrected chi connectivity index (χ1v) is 8.64. The number of hydrogen-bond donors (Lipinski definition) is 0. The zero-order valence-electron chi connectivity index (χ0n) is 14.4. The number of nitrogens with zero attached hydrogens (tertiary/aromatic N) is 1. The minimum absolute atomic E-state index is 0.257. The Kier molecular flexibility index (Phi) is 7.48. The van der Waals surface area contributed by atoms with Gasteiger partial charge in [-0.2, -0.15) is 26.3 Å². The summed E-state index contributed by atoms with van der Waals surface area (Å²) in [5, 5.41) is 0. The quantitative estimate of drug-likeness (QED) is 0.414. The van der Waals surface area contributed by atoms with Crippen LogP contribution in [-0.4, -0.2) is 66.1 Å². The van der Waals surface area contributed by atoms with Crippen LogP contribution in [0.4, 0.5) is 43.9 Å². The fourth-order valence-electron chi connectivity index (χ4n) is 2.85. The molecule has 1 rings (SSSR count). The van der Waals surface area contributed by atoms with Crippen molar-refractivity contribution in [3.05, 3.63) is 0 Å². The summed E-state index contributed by atoms with van der Waals surface area (Å²) in [5.41, 5.74) is -3.31. The molecule has 27 heavy (non-hydrogen) atoms. The Labute approximate surface area is 151 Å². The van der Waals surface area contributed by atoms with Crippen LogP contribution in [0, 0.1) is 0 Å². The molecule has 1 saturated heterocycles. The van der Waals surface area contributed by atoms with E-state index >= 15 is 0 Å². The van der Waals surface area contributed by atoms with Gasteiger partial charge in [-0.3, -0.25) is 4.90 Å². The molecule has 0 N–H and O–H groups in total. The smallest absolute Gasteiger partial charge is 0.363 e. The van der Waals surface area contributed by atoms with Crippen LogP contribution in [-0.2, 0) is 4.74 Å². The van der Waals surface area contributed by atoms with Gasteiger partial charge < -0.3 is 4.74 Å². The van der Waals surface area contributed by atoms with Gasteiger partial charge in [0.05, 0.1) is 0 Å². The van der Waals surface area contributed by atoms with Crippen LogP contribution in [0.1, 0.15) is 26.7 Å². The van der Waals surface area contributed by atoms with E-state index in [1.165, 1.54) is 0 Å². The maximum atomic E-state index is 14.5. The Morgan fingerprint density at radius 3 is 1.52 bits per heavy atom. The molecule has 162 valence electrons. The van der Waals surface area contributed by atoms with Crippen molar-refractivity contribution in [2.45, 2.75) is 74.8 Å². The first kappa shape index (κ1) is 24.7. The molecular weight excluding hydrogens is 419 g/mol. The monoisotopic (exact) mass is 439 g/mol. The van der Waals surface area contributed by atoms with Crippen molar-refractivity contribution in [1.82, 2.24) is 4.90 Å². The maximum Gasteiger partial charge on any atom is 0.410 e. The van der Waals surface area contributed by atoms with Gasteiger partial charge in [-0.25, -0.2) is 17.6 Å². The maximum absolute atomic E-state index is 14.5. The van der Waals surface area contributed by atoms with Crippen LogP contribution in [0.25, 0.3) is 0 Å². The zero-order chi connectivity index (χ0) is 21.4. The van der Waals surface area contributed by atoms with Crippen molar-refractivity contribution < 1.29 is 48.6 Å². The number of halogens is 10. The van der Waals surface area contributed by atoms with Crippen LogP contribution < -0.4 is 0 Å². The topological polar surface area (TPSA) is 12.5 Å². The fourth-order valence-corrected chi connectivity index (χ4v) is 3.12. The van der Waals surface area contributed by atoms with Crippen molar-refractivity contribution in [2.24, 2.45) is 0 Å². The molecule has 2 nitrogen and oxygen atoms in total. The predicted octanol–water partition coefficient (Wildman–Crippen LogP) is 4.88. The largest absolute Gasteiger partial charge is 0.410 e. The number of hydrogen-bond acceptors (Lipinski definition) is 2. The Balaban J connectivity index is 3.02. The van der Waals surface area contributed by atoms with Gasteiger partial charge in [-0.15, -0.1) is 9.24 Å². The van der Waals surface area contributed by atoms with E-state index in [4.69, 9.17) is 0 Å². The molecule has 5 atom stereocenters. The number of ether oxygens (including phenoxy) is 1. The van der Waals surface area contributed by atoms with E-state index in [1.54, 1.807) is 0 Å². The van der Waals surface area contributed by atoms with Crippen molar-refractivity contribution in [3.8, 4) is 0 Å². The number of likely N-dealkylation sites (tertiary alicyclic amines) is 1. The van der Waals surface area contributed by atoms with Gasteiger partial charge in [-0.1, -0.05) is 0 Å². The molecule has 1 aliphatic rings. The summed E-state index contributed by atoms with van der Waals surface area (Å²) in [5.74, 6) is -9.30. The first-order chi connectivity index (χ1) is 11.9. The minimum Gasteiger partial charge on any atom is -0.363 e. The third-order valence-corrected chi connectivity index (χ3v) is 5.26. The van der Waals surface area contributed by atoms with Crippen molar-refractivity contribution >= 4 is 9.24 Å². The summed E-state index contributed by atoms with van der Waals surface area (Å²) in [6.07, 6.45) is -15.6. The minimum atomic E-state index is -5.38. The van der Waals surface area contributed by atoms with Crippen molar-refractivity contribution in [2.75, 3.05) is 13.1 Å². The molecule has 0 aromatic rings. The highest BCUT2D eigenvalue weighted by atomic mass is 31.0. The molecule has 1 fully saturated rings. The first-order valence-electron chi connectivity index (χ1n) is 7.97. The molecule has 0 bridgehead atoms. The van der Waals surface area contributed by atoms with E-state index in [2.05, 4.69) is 4.74 Å². The summed E-state index contributed by atoms with van der Waals surface area (Å²) in [6, 6.07) is -3.28. The molecule has 0 saturated carbocycles. The number of alkyl halides is 10. The zero-order valence-corrected chi connectivity index (χ0v) is 15.5. The van der Waals surface area contributed by atoms with E-state index in [1.807, 2.05) is 0 Å². The third-order valence-electron chi connectivity index (χ3n) is 4.44. The SMILES string of the molecule is CC(OC(C)C(F)(F)C(N1CCCC1)C(F)(F)F)C(F)(F)C(P)C(F)(F)F. The van der Waals surface area contributed by atoms with Gasteiger partial charge in [0.25, 0.3) is 11.8 Å². The average molecular weight is 439 g/mol. The predicted molar refractivity (Wildman–Crippen MR) is 80.1 cm³/mol. The van der Waals surface area contributed by atoms with Gasteiger partial charge in [0, 0.05) is 0 Å². The summed E-state index contributed by atoms with van der Waals surface area (Å²) in [4.78, 5) is 0.483. The molecule has 0 amide bonds. The molecule has 0 aromatic carbocycles. The van der Waals surface area contributed by atoms with E-state index in [-0.39, 0.29) is 25.9 Å². The van der Waals surface area contributed by atoms with Gasteiger partial charge >= 0.3 is 12.4 Å². The highest BCUT2D eigenvalue weighted by Gasteiger charge is 2.63. The lowest BCUT2D eigenvalue weighted by Crippen LogP contribution is -2.61. The van der Waals surface area contributed by atoms with E-state index < -0.39 is 48.1 Å². The Morgan fingerprint density at radius 2 is 1.15 bits per heavy atom. The fraction of sp³-hybridized carbons (Fsp3) is 1.00. The highest BCUT2D eigenvalue weighted by molar-refractivity contribution is 7.17. The standard InChI is InChI=1S/C14H20F10NOP/c1-7(26-8(2)12(17,18)10(27)14(22,23)24)11(15,16)9(13(19,20)21)25-5-3-4-6-25/h7-10H,3-6,27H2,1-2H3. The van der Waals surface area contributed by atoms with E-state index in [0.717, 1.165) is 9.24 Å². The summed E-state index contributed by atoms with van der Waals surface area (Å²) >= 11 is 0. The number of rotatable bonds is 7. The summed E-state index contributed by atoms with van der Waals surface area (Å²) in [6.45, 7) is 0.320. The molecule has 0 radical (unpaired) electrons. The lowest BCUT2D eigenvalue weighted by molar-refractivity contribution is -0.287. The molecule has 0 aromatic heterocycles. The lowest BCUT2D eigenvalue weighted by Gasteiger charge is -2.40. The lowest BCUT2D eigenvalue weighted by atomic mass is 10.0. The molecule has 5 unspecified atom stereocenters. The Morgan fingerprint density at radius 1 is 0.741 bits per heavy atom. The Bertz CT molecular complexity index is 489. The summed E-state index contributed by atoms with van der Waals surface area (Å²) in [7, 11) is 0.856. The van der Waals surface area contributed by atoms with E-state index in [0.29, 0.717) is 18.7 Å². The van der Waals surface area contributed by atoms with Gasteiger partial charge in [0.2, 0.25) is 0 Å². The molecule has 1 aliphatic heterocycles. The van der Waals surface area contributed by atoms with Crippen molar-refractivity contribution in [3.63, 3.8) is 0 Å². The molecule has 13 heteroatoms. The second kappa shape index (κ2) is 8.18. The molecule has 1 heterocycles.